The van der Waals surface area contributed by atoms with Crippen LogP contribution in [0.25, 0.3) is 0 Å². The highest BCUT2D eigenvalue weighted by atomic mass is 19.4. The number of halogens is 3. The highest BCUT2D eigenvalue weighted by Gasteiger charge is 2.51. The summed E-state index contributed by atoms with van der Waals surface area (Å²) in [5.41, 5.74) is -0.665. The molecule has 3 saturated heterocycles. The fourth-order valence-corrected chi connectivity index (χ4v) is 6.47. The fourth-order valence-electron chi connectivity index (χ4n) is 6.47. The molecule has 1 aromatic rings. The van der Waals surface area contributed by atoms with Crippen molar-refractivity contribution in [1.29, 1.82) is 0 Å². The second-order valence-electron chi connectivity index (χ2n) is 10.8. The Bertz CT molecular complexity index is 973. The molecule has 1 saturated carbocycles. The molecule has 1 N–H and O–H groups in total. The van der Waals surface area contributed by atoms with Gasteiger partial charge in [-0.05, 0) is 63.1 Å². The Kier molecular flexibility index (Phi) is 6.82. The molecule has 36 heavy (non-hydrogen) atoms. The molecule has 7 nitrogen and oxygen atoms in total. The Hall–Kier alpha value is -2.49. The minimum absolute atomic E-state index is 0.0789. The summed E-state index contributed by atoms with van der Waals surface area (Å²) < 4.78 is 39.3. The van der Waals surface area contributed by atoms with Gasteiger partial charge < -0.3 is 24.7 Å². The van der Waals surface area contributed by atoms with Crippen molar-refractivity contribution in [3.8, 4) is 0 Å². The van der Waals surface area contributed by atoms with Gasteiger partial charge in [-0.15, -0.1) is 0 Å². The minimum Gasteiger partial charge on any atom is -0.393 e. The van der Waals surface area contributed by atoms with E-state index >= 15 is 0 Å². The topological polar surface area (TPSA) is 67.3 Å². The van der Waals surface area contributed by atoms with E-state index in [9.17, 15) is 27.9 Å². The van der Waals surface area contributed by atoms with Crippen LogP contribution >= 0.6 is 0 Å². The average molecular weight is 509 g/mol. The van der Waals surface area contributed by atoms with Gasteiger partial charge in [0.1, 0.15) is 0 Å². The van der Waals surface area contributed by atoms with E-state index in [1.54, 1.807) is 11.0 Å². The second-order valence-corrected chi connectivity index (χ2v) is 10.8. The number of amides is 3. The van der Waals surface area contributed by atoms with Crippen LogP contribution in [0.15, 0.2) is 24.3 Å². The molecular weight excluding hydrogens is 473 g/mol. The lowest BCUT2D eigenvalue weighted by molar-refractivity contribution is -0.141. The minimum atomic E-state index is -4.39. The first-order chi connectivity index (χ1) is 17.2. The molecule has 198 valence electrons. The molecule has 10 heteroatoms. The fraction of sp³-hybridized carbons (Fsp3) is 0.692. The Morgan fingerprint density at radius 3 is 2.36 bits per heavy atom. The van der Waals surface area contributed by atoms with Gasteiger partial charge in [-0.2, -0.15) is 13.2 Å². The van der Waals surface area contributed by atoms with Crippen molar-refractivity contribution >= 4 is 17.6 Å². The van der Waals surface area contributed by atoms with Crippen LogP contribution in [-0.2, 0) is 11.0 Å². The Morgan fingerprint density at radius 2 is 1.67 bits per heavy atom. The Labute approximate surface area is 209 Å². The zero-order valence-corrected chi connectivity index (χ0v) is 20.6. The number of rotatable bonds is 2. The molecule has 1 spiro atoms. The van der Waals surface area contributed by atoms with Crippen molar-refractivity contribution in [2.75, 3.05) is 50.7 Å². The van der Waals surface area contributed by atoms with Crippen LogP contribution in [0, 0.1) is 5.41 Å². The number of carbonyl (C=O) groups excluding carboxylic acids is 2. The van der Waals surface area contributed by atoms with Gasteiger partial charge in [0.15, 0.2) is 0 Å². The highest BCUT2D eigenvalue weighted by Crippen LogP contribution is 2.43. The zero-order valence-electron chi connectivity index (χ0n) is 20.6. The molecule has 4 aliphatic rings. The van der Waals surface area contributed by atoms with Crippen molar-refractivity contribution < 1.29 is 27.9 Å². The molecule has 4 fully saturated rings. The third-order valence-corrected chi connectivity index (χ3v) is 8.59. The van der Waals surface area contributed by atoms with Crippen molar-refractivity contribution in [2.24, 2.45) is 5.41 Å². The molecule has 3 aliphatic heterocycles. The molecule has 1 aromatic carbocycles. The second kappa shape index (κ2) is 9.76. The van der Waals surface area contributed by atoms with E-state index in [2.05, 4.69) is 0 Å². The summed E-state index contributed by atoms with van der Waals surface area (Å²) in [6.45, 7) is 3.57. The monoisotopic (exact) mass is 508 g/mol. The highest BCUT2D eigenvalue weighted by molar-refractivity contribution is 5.86. The molecule has 1 atom stereocenters. The predicted molar refractivity (Wildman–Crippen MR) is 128 cm³/mol. The van der Waals surface area contributed by atoms with E-state index in [1.807, 2.05) is 14.7 Å². The molecule has 3 amide bonds. The molecular formula is C26H35F3N4O3. The molecule has 5 rings (SSSR count). The number of anilines is 1. The maximum Gasteiger partial charge on any atom is 0.416 e. The van der Waals surface area contributed by atoms with Crippen LogP contribution in [0.5, 0.6) is 0 Å². The van der Waals surface area contributed by atoms with Crippen LogP contribution in [0.4, 0.5) is 23.7 Å². The lowest BCUT2D eigenvalue weighted by Crippen LogP contribution is -2.57. The summed E-state index contributed by atoms with van der Waals surface area (Å²) in [5.74, 6) is 0.163. The number of hydrogen-bond donors (Lipinski definition) is 1. The van der Waals surface area contributed by atoms with Gasteiger partial charge >= 0.3 is 12.2 Å². The number of urea groups is 1. The van der Waals surface area contributed by atoms with Crippen molar-refractivity contribution in [2.45, 2.75) is 63.3 Å². The number of piperazine rings is 1. The standard InChI is InChI=1S/C26H35F3N4O3/c27-26(28,29)19-3-1-4-21(17-19)30-13-15-31(16-14-30)24(36)32-11-2-9-25(18-32)10-12-33(23(25)35)20-5-7-22(34)8-6-20/h1,3-4,17,20,22,34H,2,5-16,18H2/t20?,22?,25-/m1/s1. The van der Waals surface area contributed by atoms with Crippen LogP contribution in [0.2, 0.25) is 0 Å². The van der Waals surface area contributed by atoms with Gasteiger partial charge in [0.2, 0.25) is 5.91 Å². The van der Waals surface area contributed by atoms with E-state index in [4.69, 9.17) is 0 Å². The number of piperidine rings is 1. The largest absolute Gasteiger partial charge is 0.416 e. The normalized spacial score (nSPS) is 29.8. The van der Waals surface area contributed by atoms with Crippen LogP contribution in [-0.4, -0.2) is 89.7 Å². The predicted octanol–water partition coefficient (Wildman–Crippen LogP) is 3.57. The van der Waals surface area contributed by atoms with Crippen molar-refractivity contribution in [1.82, 2.24) is 14.7 Å². The molecule has 0 radical (unpaired) electrons. The summed E-state index contributed by atoms with van der Waals surface area (Å²) >= 11 is 0. The summed E-state index contributed by atoms with van der Waals surface area (Å²) in [5, 5.41) is 9.82. The number of alkyl halides is 3. The molecule has 0 aromatic heterocycles. The van der Waals surface area contributed by atoms with E-state index in [0.717, 1.165) is 63.6 Å². The summed E-state index contributed by atoms with van der Waals surface area (Å²) in [6.07, 6.45) is 0.844. The van der Waals surface area contributed by atoms with E-state index in [0.29, 0.717) is 45.0 Å². The number of nitrogens with zero attached hydrogens (tertiary/aromatic N) is 4. The maximum atomic E-state index is 13.5. The van der Waals surface area contributed by atoms with Gasteiger partial charge in [0.25, 0.3) is 0 Å². The Balaban J connectivity index is 1.18. The Morgan fingerprint density at radius 1 is 0.944 bits per heavy atom. The molecule has 0 bridgehead atoms. The summed E-state index contributed by atoms with van der Waals surface area (Å²) in [6, 6.07) is 5.43. The zero-order chi connectivity index (χ0) is 25.5. The number of benzene rings is 1. The quantitative estimate of drug-likeness (QED) is 0.664. The summed E-state index contributed by atoms with van der Waals surface area (Å²) in [7, 11) is 0. The number of hydrogen-bond acceptors (Lipinski definition) is 4. The van der Waals surface area contributed by atoms with Crippen LogP contribution in [0.3, 0.4) is 0 Å². The number of carbonyl (C=O) groups is 2. The van der Waals surface area contributed by atoms with Gasteiger partial charge in [-0.3, -0.25) is 4.79 Å². The lowest BCUT2D eigenvalue weighted by Gasteiger charge is -2.43. The molecule has 0 unspecified atom stereocenters. The summed E-state index contributed by atoms with van der Waals surface area (Å²) in [4.78, 5) is 34.4. The van der Waals surface area contributed by atoms with Gasteiger partial charge in [-0.1, -0.05) is 6.07 Å². The van der Waals surface area contributed by atoms with E-state index in [1.165, 1.54) is 6.07 Å². The third kappa shape index (κ3) is 4.88. The number of aliphatic hydroxyl groups is 1. The van der Waals surface area contributed by atoms with Gasteiger partial charge in [-0.25, -0.2) is 4.79 Å². The van der Waals surface area contributed by atoms with Gasteiger partial charge in [0, 0.05) is 57.5 Å². The van der Waals surface area contributed by atoms with E-state index in [-0.39, 0.29) is 24.1 Å². The van der Waals surface area contributed by atoms with Crippen LogP contribution < -0.4 is 4.90 Å². The van der Waals surface area contributed by atoms with Crippen LogP contribution in [0.1, 0.15) is 50.5 Å². The first-order valence-electron chi connectivity index (χ1n) is 13.1. The van der Waals surface area contributed by atoms with Gasteiger partial charge in [0.05, 0.1) is 17.1 Å². The molecule has 3 heterocycles. The average Bonchev–Trinajstić information content (AvgIpc) is 3.18. The smallest absolute Gasteiger partial charge is 0.393 e. The van der Waals surface area contributed by atoms with Crippen molar-refractivity contribution in [3.63, 3.8) is 0 Å². The maximum absolute atomic E-state index is 13.5. The molecule has 1 aliphatic carbocycles. The first-order valence-corrected chi connectivity index (χ1v) is 13.1. The van der Waals surface area contributed by atoms with E-state index < -0.39 is 17.2 Å². The lowest BCUT2D eigenvalue weighted by atomic mass is 9.78. The number of aliphatic hydroxyl groups excluding tert-OH is 1. The number of likely N-dealkylation sites (tertiary alicyclic amines) is 2. The first kappa shape index (κ1) is 25.2. The van der Waals surface area contributed by atoms with Crippen molar-refractivity contribution in [3.05, 3.63) is 29.8 Å². The third-order valence-electron chi connectivity index (χ3n) is 8.59. The SMILES string of the molecule is O=C(N1CCN(c2cccc(C(F)(F)F)c2)CC1)N1CCC[C@@]2(CCN(C3CCC(O)CC3)C2=O)C1.